The van der Waals surface area contributed by atoms with Gasteiger partial charge < -0.3 is 14.6 Å². The number of hydrogen-bond donors (Lipinski definition) is 1. The Labute approximate surface area is 140 Å². The van der Waals surface area contributed by atoms with Crippen LogP contribution in [-0.4, -0.2) is 23.7 Å². The number of rotatable bonds is 5. The Morgan fingerprint density at radius 3 is 2.38 bits per heavy atom. The summed E-state index contributed by atoms with van der Waals surface area (Å²) in [4.78, 5) is 23.8. The second-order valence-electron chi connectivity index (χ2n) is 5.66. The largest absolute Gasteiger partial charge is 0.508 e. The Bertz CT molecular complexity index is 734. The molecule has 24 heavy (non-hydrogen) atoms. The molecule has 0 heterocycles. The highest BCUT2D eigenvalue weighted by molar-refractivity contribution is 5.81. The van der Waals surface area contributed by atoms with Crippen molar-refractivity contribution in [2.45, 2.75) is 26.7 Å². The first kappa shape index (κ1) is 17.5. The highest BCUT2D eigenvalue weighted by Gasteiger charge is 2.19. The van der Waals surface area contributed by atoms with Crippen LogP contribution in [0.2, 0.25) is 0 Å². The average molecular weight is 328 g/mol. The van der Waals surface area contributed by atoms with Crippen molar-refractivity contribution in [3.8, 4) is 11.5 Å². The van der Waals surface area contributed by atoms with Gasteiger partial charge in [-0.2, -0.15) is 0 Å². The summed E-state index contributed by atoms with van der Waals surface area (Å²) in [5, 5.41) is 9.26. The van der Waals surface area contributed by atoms with Gasteiger partial charge in [0.25, 0.3) is 0 Å². The molecule has 1 N–H and O–H groups in total. The Morgan fingerprint density at radius 1 is 1.08 bits per heavy atom. The van der Waals surface area contributed by atoms with Crippen LogP contribution in [0.15, 0.2) is 42.5 Å². The fourth-order valence-electron chi connectivity index (χ4n) is 2.22. The number of phenolic OH excluding ortho intramolecular Hbond substituents is 1. The predicted molar refractivity (Wildman–Crippen MR) is 89.0 cm³/mol. The van der Waals surface area contributed by atoms with Crippen LogP contribution in [0.25, 0.3) is 0 Å². The van der Waals surface area contributed by atoms with Crippen molar-refractivity contribution in [2.24, 2.45) is 0 Å². The molecule has 0 saturated carbocycles. The molecule has 0 amide bonds. The maximum atomic E-state index is 12.0. The topological polar surface area (TPSA) is 72.8 Å². The number of carbonyl (C=O) groups excluding carboxylic acids is 2. The molecule has 0 aliphatic rings. The maximum absolute atomic E-state index is 12.0. The van der Waals surface area contributed by atoms with Crippen molar-refractivity contribution in [1.82, 2.24) is 0 Å². The molecule has 5 heteroatoms. The molecule has 0 fully saturated rings. The Balaban J connectivity index is 1.88. The van der Waals surface area contributed by atoms with E-state index in [-0.39, 0.29) is 5.75 Å². The minimum absolute atomic E-state index is 0.122. The first-order chi connectivity index (χ1) is 11.4. The van der Waals surface area contributed by atoms with Crippen molar-refractivity contribution in [2.75, 3.05) is 6.61 Å². The minimum atomic E-state index is -0.631. The van der Waals surface area contributed by atoms with Gasteiger partial charge in [0.1, 0.15) is 11.5 Å². The summed E-state index contributed by atoms with van der Waals surface area (Å²) in [6.07, 6.45) is 0. The van der Waals surface area contributed by atoms with Gasteiger partial charge in [-0.3, -0.25) is 4.79 Å². The van der Waals surface area contributed by atoms with Gasteiger partial charge >= 0.3 is 11.9 Å². The van der Waals surface area contributed by atoms with E-state index in [0.717, 1.165) is 11.1 Å². The van der Waals surface area contributed by atoms with Gasteiger partial charge in [0.05, 0.1) is 5.92 Å². The SMILES string of the molecule is Cc1ccc(OC(=O)COC(=O)C(C)c2ccc(O)cc2)c(C)c1. The molecule has 0 spiro atoms. The van der Waals surface area contributed by atoms with Gasteiger partial charge in [-0.15, -0.1) is 0 Å². The Kier molecular flexibility index (Phi) is 5.58. The molecular weight excluding hydrogens is 308 g/mol. The van der Waals surface area contributed by atoms with Crippen molar-refractivity contribution < 1.29 is 24.2 Å². The third kappa shape index (κ3) is 4.59. The number of esters is 2. The summed E-state index contributed by atoms with van der Waals surface area (Å²) in [6, 6.07) is 11.7. The van der Waals surface area contributed by atoms with Gasteiger partial charge in [0.15, 0.2) is 6.61 Å². The fraction of sp³-hybridized carbons (Fsp3) is 0.263. The lowest BCUT2D eigenvalue weighted by molar-refractivity contribution is -0.154. The van der Waals surface area contributed by atoms with Crippen LogP contribution in [0.5, 0.6) is 11.5 Å². The number of benzene rings is 2. The molecule has 1 atom stereocenters. The molecule has 2 aromatic rings. The van der Waals surface area contributed by atoms with E-state index in [4.69, 9.17) is 9.47 Å². The van der Waals surface area contributed by atoms with E-state index in [9.17, 15) is 14.7 Å². The summed E-state index contributed by atoms with van der Waals surface area (Å²) >= 11 is 0. The van der Waals surface area contributed by atoms with Gasteiger partial charge in [0.2, 0.25) is 0 Å². The number of hydrogen-bond acceptors (Lipinski definition) is 5. The standard InChI is InChI=1S/C19H20O5/c1-12-4-9-17(13(2)10-12)24-18(21)11-23-19(22)14(3)15-5-7-16(20)8-6-15/h4-10,14,20H,11H2,1-3H3. The molecule has 0 saturated heterocycles. The number of phenols is 1. The first-order valence-electron chi connectivity index (χ1n) is 7.60. The monoisotopic (exact) mass is 328 g/mol. The Hall–Kier alpha value is -2.82. The molecule has 2 aromatic carbocycles. The molecule has 2 rings (SSSR count). The van der Waals surface area contributed by atoms with Gasteiger partial charge in [-0.05, 0) is 50.1 Å². The summed E-state index contributed by atoms with van der Waals surface area (Å²) in [7, 11) is 0. The highest BCUT2D eigenvalue weighted by Crippen LogP contribution is 2.21. The van der Waals surface area contributed by atoms with Gasteiger partial charge in [0, 0.05) is 0 Å². The zero-order valence-electron chi connectivity index (χ0n) is 13.9. The summed E-state index contributed by atoms with van der Waals surface area (Å²) in [6.45, 7) is 5.01. The zero-order valence-corrected chi connectivity index (χ0v) is 13.9. The van der Waals surface area contributed by atoms with Gasteiger partial charge in [-0.1, -0.05) is 29.8 Å². The maximum Gasteiger partial charge on any atom is 0.349 e. The molecule has 126 valence electrons. The lowest BCUT2D eigenvalue weighted by atomic mass is 10.0. The third-order valence-corrected chi connectivity index (χ3v) is 3.63. The van der Waals surface area contributed by atoms with Crippen molar-refractivity contribution in [1.29, 1.82) is 0 Å². The van der Waals surface area contributed by atoms with Crippen LogP contribution in [0.3, 0.4) is 0 Å². The van der Waals surface area contributed by atoms with Crippen LogP contribution in [0.1, 0.15) is 29.5 Å². The molecule has 0 aliphatic carbocycles. The second kappa shape index (κ2) is 7.64. The van der Waals surface area contributed by atoms with Crippen LogP contribution in [0, 0.1) is 13.8 Å². The molecule has 0 aromatic heterocycles. The highest BCUT2D eigenvalue weighted by atomic mass is 16.6. The van der Waals surface area contributed by atoms with Crippen molar-refractivity contribution in [3.05, 3.63) is 59.2 Å². The first-order valence-corrected chi connectivity index (χ1v) is 7.60. The lowest BCUT2D eigenvalue weighted by Crippen LogP contribution is -2.21. The molecule has 1 unspecified atom stereocenters. The minimum Gasteiger partial charge on any atom is -0.508 e. The molecule has 0 bridgehead atoms. The smallest absolute Gasteiger partial charge is 0.349 e. The second-order valence-corrected chi connectivity index (χ2v) is 5.66. The number of ether oxygens (including phenoxy) is 2. The van der Waals surface area contributed by atoms with Crippen LogP contribution in [-0.2, 0) is 14.3 Å². The van der Waals surface area contributed by atoms with Crippen LogP contribution < -0.4 is 4.74 Å². The molecule has 5 nitrogen and oxygen atoms in total. The average Bonchev–Trinajstić information content (AvgIpc) is 2.55. The van der Waals surface area contributed by atoms with E-state index in [1.54, 1.807) is 25.1 Å². The van der Waals surface area contributed by atoms with E-state index >= 15 is 0 Å². The predicted octanol–water partition coefficient (Wildman–Crippen LogP) is 3.26. The van der Waals surface area contributed by atoms with E-state index in [0.29, 0.717) is 11.3 Å². The third-order valence-electron chi connectivity index (χ3n) is 3.63. The lowest BCUT2D eigenvalue weighted by Gasteiger charge is -2.12. The molecular formula is C19H20O5. The van der Waals surface area contributed by atoms with E-state index in [1.165, 1.54) is 12.1 Å². The number of aryl methyl sites for hydroxylation is 2. The quantitative estimate of drug-likeness (QED) is 0.674. The molecule has 0 radical (unpaired) electrons. The summed E-state index contributed by atoms with van der Waals surface area (Å²) < 4.78 is 10.2. The van der Waals surface area contributed by atoms with Crippen LogP contribution in [0.4, 0.5) is 0 Å². The fourth-order valence-corrected chi connectivity index (χ4v) is 2.22. The number of carbonyl (C=O) groups is 2. The summed E-state index contributed by atoms with van der Waals surface area (Å²) in [5.41, 5.74) is 2.61. The molecule has 0 aliphatic heterocycles. The zero-order chi connectivity index (χ0) is 17.7. The Morgan fingerprint density at radius 2 is 1.75 bits per heavy atom. The van der Waals surface area contributed by atoms with E-state index < -0.39 is 24.5 Å². The van der Waals surface area contributed by atoms with Gasteiger partial charge in [-0.25, -0.2) is 4.79 Å². The van der Waals surface area contributed by atoms with E-state index in [2.05, 4.69) is 0 Å². The van der Waals surface area contributed by atoms with Crippen molar-refractivity contribution in [3.63, 3.8) is 0 Å². The van der Waals surface area contributed by atoms with Crippen LogP contribution >= 0.6 is 0 Å². The van der Waals surface area contributed by atoms with Crippen molar-refractivity contribution >= 4 is 11.9 Å². The number of aromatic hydroxyl groups is 1. The summed E-state index contributed by atoms with van der Waals surface area (Å²) in [5.74, 6) is -1.13. The van der Waals surface area contributed by atoms with E-state index in [1.807, 2.05) is 26.0 Å². The normalized spacial score (nSPS) is 11.6.